The van der Waals surface area contributed by atoms with E-state index in [0.29, 0.717) is 23.9 Å². The maximum atomic E-state index is 12.6. The molecule has 0 aromatic rings. The predicted molar refractivity (Wildman–Crippen MR) is 211 cm³/mol. The van der Waals surface area contributed by atoms with E-state index in [4.69, 9.17) is 18.5 Å². The van der Waals surface area contributed by atoms with Crippen LogP contribution in [0.4, 0.5) is 0 Å². The minimum atomic E-state index is -4.36. The molecule has 0 saturated carbocycles. The summed E-state index contributed by atoms with van der Waals surface area (Å²) in [6, 6.07) is 0. The number of hydrogen-bond acceptors (Lipinski definition) is 7. The number of esters is 2. The Kier molecular flexibility index (Phi) is 34.1. The topological polar surface area (TPSA) is 108 Å². The predicted octanol–water partition coefficient (Wildman–Crippen LogP) is 11.6. The molecule has 0 aliphatic heterocycles. The normalized spacial score (nSPS) is 13.6. The Balaban J connectivity index is 4.27. The summed E-state index contributed by atoms with van der Waals surface area (Å²) in [6.45, 7) is 4.43. The third-order valence-corrected chi connectivity index (χ3v) is 10.4. The zero-order valence-electron chi connectivity index (χ0n) is 34.1. The third kappa shape index (κ3) is 38.5. The summed E-state index contributed by atoms with van der Waals surface area (Å²) >= 11 is 0. The molecule has 9 nitrogen and oxygen atoms in total. The molecule has 0 bridgehead atoms. The minimum absolute atomic E-state index is 0.0365. The Morgan fingerprint density at radius 2 is 0.882 bits per heavy atom. The molecule has 0 aromatic carbocycles. The fourth-order valence-corrected chi connectivity index (χ4v) is 6.76. The highest BCUT2D eigenvalue weighted by Crippen LogP contribution is 2.43. The summed E-state index contributed by atoms with van der Waals surface area (Å²) in [5, 5.41) is 0. The first-order chi connectivity index (χ1) is 24.5. The van der Waals surface area contributed by atoms with Crippen molar-refractivity contribution < 1.29 is 42.1 Å². The van der Waals surface area contributed by atoms with E-state index in [9.17, 15) is 19.0 Å². The van der Waals surface area contributed by atoms with Gasteiger partial charge in [-0.25, -0.2) is 4.57 Å². The molecule has 0 radical (unpaired) electrons. The van der Waals surface area contributed by atoms with Gasteiger partial charge in [0.2, 0.25) is 0 Å². The van der Waals surface area contributed by atoms with Crippen molar-refractivity contribution in [1.29, 1.82) is 0 Å². The van der Waals surface area contributed by atoms with Crippen LogP contribution < -0.4 is 0 Å². The first kappa shape index (κ1) is 50.0. The van der Waals surface area contributed by atoms with Crippen molar-refractivity contribution in [2.24, 2.45) is 0 Å². The molecule has 0 rings (SSSR count). The molecule has 0 aliphatic rings. The van der Waals surface area contributed by atoms with Crippen LogP contribution in [0.2, 0.25) is 0 Å². The van der Waals surface area contributed by atoms with Crippen LogP contribution in [-0.4, -0.2) is 74.9 Å². The second-order valence-electron chi connectivity index (χ2n) is 15.7. The van der Waals surface area contributed by atoms with Crippen molar-refractivity contribution in [3.05, 3.63) is 0 Å². The number of hydrogen-bond donors (Lipinski definition) is 1. The van der Waals surface area contributed by atoms with Gasteiger partial charge in [0.15, 0.2) is 6.10 Å². The maximum absolute atomic E-state index is 12.6. The van der Waals surface area contributed by atoms with E-state index in [1.54, 1.807) is 0 Å². The molecule has 2 atom stereocenters. The van der Waals surface area contributed by atoms with Gasteiger partial charge in [-0.15, -0.1) is 0 Å². The average Bonchev–Trinajstić information content (AvgIpc) is 3.07. The molecule has 304 valence electrons. The largest absolute Gasteiger partial charge is 0.472 e. The van der Waals surface area contributed by atoms with Gasteiger partial charge in [0.1, 0.15) is 19.8 Å². The number of nitrogens with zero attached hydrogens (tertiary/aromatic N) is 1. The van der Waals surface area contributed by atoms with Crippen molar-refractivity contribution >= 4 is 19.8 Å². The van der Waals surface area contributed by atoms with Crippen LogP contribution in [0.3, 0.4) is 0 Å². The lowest BCUT2D eigenvalue weighted by atomic mass is 10.0. The number of carbonyl (C=O) groups excluding carboxylic acids is 2. The zero-order chi connectivity index (χ0) is 37.9. The molecule has 0 heterocycles. The lowest BCUT2D eigenvalue weighted by Crippen LogP contribution is -2.37. The molecular weight excluding hydrogens is 665 g/mol. The SMILES string of the molecule is CCCCCCCCCCCCCCCCCCCC(=O)OC[C@H](COP(=O)(O)OCC[N+](C)(C)C)OC(=O)CCCCCCCCCCCC. The molecule has 0 aromatic heterocycles. The van der Waals surface area contributed by atoms with Gasteiger partial charge in [-0.1, -0.05) is 174 Å². The highest BCUT2D eigenvalue weighted by molar-refractivity contribution is 7.47. The summed E-state index contributed by atoms with van der Waals surface area (Å²) in [5.41, 5.74) is 0. The van der Waals surface area contributed by atoms with Crippen LogP contribution in [0.5, 0.6) is 0 Å². The van der Waals surface area contributed by atoms with E-state index in [0.717, 1.165) is 32.1 Å². The number of likely N-dealkylation sites (N-methyl/N-ethyl adjacent to an activating group) is 1. The summed E-state index contributed by atoms with van der Waals surface area (Å²) in [7, 11) is 1.49. The van der Waals surface area contributed by atoms with E-state index in [1.165, 1.54) is 135 Å². The summed E-state index contributed by atoms with van der Waals surface area (Å²) in [4.78, 5) is 35.2. The Morgan fingerprint density at radius 1 is 0.529 bits per heavy atom. The second-order valence-corrected chi connectivity index (χ2v) is 17.2. The van der Waals surface area contributed by atoms with Crippen molar-refractivity contribution in [3.8, 4) is 0 Å². The van der Waals surface area contributed by atoms with E-state index < -0.39 is 26.5 Å². The lowest BCUT2D eigenvalue weighted by Gasteiger charge is -2.24. The van der Waals surface area contributed by atoms with Crippen molar-refractivity contribution in [2.45, 2.75) is 206 Å². The minimum Gasteiger partial charge on any atom is -0.462 e. The highest BCUT2D eigenvalue weighted by atomic mass is 31.2. The van der Waals surface area contributed by atoms with Gasteiger partial charge in [0.25, 0.3) is 0 Å². The molecule has 0 amide bonds. The average molecular weight is 749 g/mol. The van der Waals surface area contributed by atoms with Gasteiger partial charge < -0.3 is 18.9 Å². The van der Waals surface area contributed by atoms with Crippen molar-refractivity contribution in [3.63, 3.8) is 0 Å². The number of rotatable bonds is 39. The molecule has 0 saturated heterocycles. The van der Waals surface area contributed by atoms with Crippen LogP contribution in [-0.2, 0) is 32.7 Å². The lowest BCUT2D eigenvalue weighted by molar-refractivity contribution is -0.870. The number of phosphoric acid groups is 1. The fourth-order valence-electron chi connectivity index (χ4n) is 6.01. The third-order valence-electron chi connectivity index (χ3n) is 9.39. The van der Waals surface area contributed by atoms with Crippen LogP contribution in [0, 0.1) is 0 Å². The molecular formula is C41H83NO8P+. The fraction of sp³-hybridized carbons (Fsp3) is 0.951. The number of phosphoric ester groups is 1. The van der Waals surface area contributed by atoms with Crippen LogP contribution in [0.1, 0.15) is 200 Å². The first-order valence-corrected chi connectivity index (χ1v) is 22.8. The molecule has 0 fully saturated rings. The number of unbranched alkanes of at least 4 members (excludes halogenated alkanes) is 25. The molecule has 0 aliphatic carbocycles. The van der Waals surface area contributed by atoms with Gasteiger partial charge >= 0.3 is 19.8 Å². The quantitative estimate of drug-likeness (QED) is 0.0286. The molecule has 51 heavy (non-hydrogen) atoms. The summed E-state index contributed by atoms with van der Waals surface area (Å²) in [6.07, 6.45) is 32.9. The maximum Gasteiger partial charge on any atom is 0.472 e. The van der Waals surface area contributed by atoms with Gasteiger partial charge in [0, 0.05) is 12.8 Å². The monoisotopic (exact) mass is 749 g/mol. The number of carbonyl (C=O) groups is 2. The van der Waals surface area contributed by atoms with Gasteiger partial charge in [-0.2, -0.15) is 0 Å². The van der Waals surface area contributed by atoms with Crippen LogP contribution in [0.25, 0.3) is 0 Å². The Hall–Kier alpha value is -0.990. The van der Waals surface area contributed by atoms with E-state index in [2.05, 4.69) is 13.8 Å². The zero-order valence-corrected chi connectivity index (χ0v) is 35.0. The van der Waals surface area contributed by atoms with Gasteiger partial charge in [-0.3, -0.25) is 18.6 Å². The van der Waals surface area contributed by atoms with Crippen LogP contribution in [0.15, 0.2) is 0 Å². The second kappa shape index (κ2) is 34.8. The Morgan fingerprint density at radius 3 is 1.25 bits per heavy atom. The van der Waals surface area contributed by atoms with Crippen molar-refractivity contribution in [1.82, 2.24) is 0 Å². The van der Waals surface area contributed by atoms with Gasteiger partial charge in [-0.05, 0) is 12.8 Å². The summed E-state index contributed by atoms with van der Waals surface area (Å²) in [5.74, 6) is -0.788. The van der Waals surface area contributed by atoms with Crippen LogP contribution >= 0.6 is 7.82 Å². The first-order valence-electron chi connectivity index (χ1n) is 21.3. The number of quaternary nitrogens is 1. The van der Waals surface area contributed by atoms with E-state index in [1.807, 2.05) is 21.1 Å². The van der Waals surface area contributed by atoms with E-state index in [-0.39, 0.29) is 25.6 Å². The Bertz CT molecular complexity index is 850. The smallest absolute Gasteiger partial charge is 0.462 e. The molecule has 1 unspecified atom stereocenters. The standard InChI is InChI=1S/C41H82NO8P/c1-6-8-10-12-14-16-18-19-20-21-22-23-24-26-27-29-31-33-40(43)47-37-39(38-49-51(45,46)48-36-35-42(3,4)5)50-41(44)34-32-30-28-25-17-15-13-11-9-7-2/h39H,6-38H2,1-5H3/p+1/t39-/m1/s1. The summed E-state index contributed by atoms with van der Waals surface area (Å²) < 4.78 is 34.2. The Labute approximate surface area is 314 Å². The number of ether oxygens (including phenoxy) is 2. The molecule has 10 heteroatoms. The van der Waals surface area contributed by atoms with Crippen molar-refractivity contribution in [2.75, 3.05) is 47.5 Å². The van der Waals surface area contributed by atoms with Gasteiger partial charge in [0.05, 0.1) is 27.7 Å². The van der Waals surface area contributed by atoms with E-state index >= 15 is 0 Å². The molecule has 0 spiro atoms. The highest BCUT2D eigenvalue weighted by Gasteiger charge is 2.27. The molecule has 1 N–H and O–H groups in total.